The molecule has 0 aliphatic carbocycles. The zero-order chi connectivity index (χ0) is 18.5. The minimum atomic E-state index is 0.322. The maximum atomic E-state index is 6.03. The van der Waals surface area contributed by atoms with Gasteiger partial charge in [0.05, 0.1) is 39.1 Å². The maximum Gasteiger partial charge on any atom is 0.246 e. The predicted octanol–water partition coefficient (Wildman–Crippen LogP) is 4.03. The molecule has 0 unspecified atom stereocenters. The van der Waals surface area contributed by atoms with Crippen molar-refractivity contribution in [1.82, 2.24) is 10.1 Å². The third-order valence-corrected chi connectivity index (χ3v) is 3.94. The molecule has 0 aliphatic rings. The molecule has 0 bridgehead atoms. The molecule has 26 heavy (non-hydrogen) atoms. The third-order valence-electron chi connectivity index (χ3n) is 3.71. The largest absolute Gasteiger partial charge is 0.497 e. The fourth-order valence-electron chi connectivity index (χ4n) is 2.41. The normalized spacial score (nSPS) is 10.5. The van der Waals surface area contributed by atoms with Crippen LogP contribution in [0.15, 0.2) is 40.9 Å². The van der Waals surface area contributed by atoms with Crippen molar-refractivity contribution in [3.05, 3.63) is 47.3 Å². The van der Waals surface area contributed by atoms with Gasteiger partial charge < -0.3 is 24.1 Å². The molecule has 3 aromatic rings. The van der Waals surface area contributed by atoms with Crippen LogP contribution < -0.4 is 19.5 Å². The molecule has 0 aliphatic heterocycles. The Morgan fingerprint density at radius 3 is 2.54 bits per heavy atom. The van der Waals surface area contributed by atoms with Crippen molar-refractivity contribution >= 4 is 17.3 Å². The number of rotatable bonds is 7. The highest BCUT2D eigenvalue weighted by Crippen LogP contribution is 2.32. The molecule has 0 atom stereocenters. The highest BCUT2D eigenvalue weighted by atomic mass is 35.5. The molecule has 0 fully saturated rings. The number of anilines is 1. The summed E-state index contributed by atoms with van der Waals surface area (Å²) in [4.78, 5) is 4.40. The molecular formula is C18H18ClN3O4. The van der Waals surface area contributed by atoms with Crippen molar-refractivity contribution in [2.75, 3.05) is 26.6 Å². The van der Waals surface area contributed by atoms with Crippen LogP contribution in [0.5, 0.6) is 17.2 Å². The monoisotopic (exact) mass is 375 g/mol. The van der Waals surface area contributed by atoms with Crippen molar-refractivity contribution in [3.63, 3.8) is 0 Å². The lowest BCUT2D eigenvalue weighted by Crippen LogP contribution is -2.01. The summed E-state index contributed by atoms with van der Waals surface area (Å²) in [6.45, 7) is 0.322. The Morgan fingerprint density at radius 1 is 1.00 bits per heavy atom. The number of halogens is 1. The quantitative estimate of drug-likeness (QED) is 0.667. The summed E-state index contributed by atoms with van der Waals surface area (Å²) in [6, 6.07) is 10.7. The molecule has 0 saturated heterocycles. The lowest BCUT2D eigenvalue weighted by Gasteiger charge is -2.09. The van der Waals surface area contributed by atoms with Crippen LogP contribution in [0.2, 0.25) is 5.02 Å². The van der Waals surface area contributed by atoms with E-state index in [0.29, 0.717) is 46.1 Å². The van der Waals surface area contributed by atoms with E-state index in [4.69, 9.17) is 30.3 Å². The minimum absolute atomic E-state index is 0.322. The number of methoxy groups -OCH3 is 3. The molecule has 0 spiro atoms. The van der Waals surface area contributed by atoms with Crippen LogP contribution >= 0.6 is 11.6 Å². The van der Waals surface area contributed by atoms with Crippen LogP contribution in [-0.2, 0) is 6.54 Å². The summed E-state index contributed by atoms with van der Waals surface area (Å²) >= 11 is 6.03. The van der Waals surface area contributed by atoms with Gasteiger partial charge in [0, 0.05) is 11.1 Å². The van der Waals surface area contributed by atoms with Crippen molar-refractivity contribution in [3.8, 4) is 28.6 Å². The molecule has 8 heteroatoms. The van der Waals surface area contributed by atoms with Crippen LogP contribution in [0.25, 0.3) is 11.4 Å². The van der Waals surface area contributed by atoms with Gasteiger partial charge in [-0.3, -0.25) is 0 Å². The first-order valence-electron chi connectivity index (χ1n) is 7.77. The van der Waals surface area contributed by atoms with Crippen LogP contribution in [0, 0.1) is 0 Å². The van der Waals surface area contributed by atoms with Crippen LogP contribution in [0.3, 0.4) is 0 Å². The average Bonchev–Trinajstić information content (AvgIpc) is 3.14. The molecule has 136 valence electrons. The molecule has 1 heterocycles. The van der Waals surface area contributed by atoms with Gasteiger partial charge >= 0.3 is 0 Å². The van der Waals surface area contributed by atoms with Gasteiger partial charge in [0.25, 0.3) is 0 Å². The van der Waals surface area contributed by atoms with E-state index in [1.165, 1.54) is 0 Å². The SMILES string of the molecule is COc1ccc(-c2noc(CNc3cc(Cl)ccc3OC)n2)c(OC)c1. The van der Waals surface area contributed by atoms with E-state index in [1.807, 2.05) is 12.1 Å². The molecule has 1 aromatic heterocycles. The zero-order valence-corrected chi connectivity index (χ0v) is 15.3. The molecule has 1 N–H and O–H groups in total. The van der Waals surface area contributed by atoms with Crippen molar-refractivity contribution in [2.24, 2.45) is 0 Å². The van der Waals surface area contributed by atoms with E-state index < -0.39 is 0 Å². The first-order chi connectivity index (χ1) is 12.6. The summed E-state index contributed by atoms with van der Waals surface area (Å²) in [5, 5.41) is 7.79. The lowest BCUT2D eigenvalue weighted by molar-refractivity contribution is 0.381. The maximum absolute atomic E-state index is 6.03. The highest BCUT2D eigenvalue weighted by molar-refractivity contribution is 6.30. The summed E-state index contributed by atoms with van der Waals surface area (Å²) < 4.78 is 21.2. The topological polar surface area (TPSA) is 78.6 Å². The van der Waals surface area contributed by atoms with Crippen molar-refractivity contribution in [1.29, 1.82) is 0 Å². The second kappa shape index (κ2) is 7.97. The Morgan fingerprint density at radius 2 is 1.81 bits per heavy atom. The fourth-order valence-corrected chi connectivity index (χ4v) is 2.58. The van der Waals surface area contributed by atoms with Gasteiger partial charge in [0.2, 0.25) is 11.7 Å². The number of ether oxygens (including phenoxy) is 3. The first kappa shape index (κ1) is 17.9. The second-order valence-electron chi connectivity index (χ2n) is 5.28. The Bertz CT molecular complexity index is 898. The zero-order valence-electron chi connectivity index (χ0n) is 14.6. The number of nitrogens with one attached hydrogen (secondary N) is 1. The summed E-state index contributed by atoms with van der Waals surface area (Å²) in [5.74, 6) is 2.80. The van der Waals surface area contributed by atoms with E-state index in [-0.39, 0.29) is 0 Å². The van der Waals surface area contributed by atoms with Crippen molar-refractivity contribution in [2.45, 2.75) is 6.54 Å². The van der Waals surface area contributed by atoms with Crippen LogP contribution in [0.4, 0.5) is 5.69 Å². The van der Waals surface area contributed by atoms with Gasteiger partial charge in [-0.2, -0.15) is 4.98 Å². The highest BCUT2D eigenvalue weighted by Gasteiger charge is 2.15. The molecule has 0 radical (unpaired) electrons. The number of hydrogen-bond donors (Lipinski definition) is 1. The predicted molar refractivity (Wildman–Crippen MR) is 98.2 cm³/mol. The number of benzene rings is 2. The van der Waals surface area contributed by atoms with E-state index in [1.54, 1.807) is 45.6 Å². The van der Waals surface area contributed by atoms with E-state index >= 15 is 0 Å². The molecule has 0 amide bonds. The van der Waals surface area contributed by atoms with Crippen LogP contribution in [0.1, 0.15) is 5.89 Å². The minimum Gasteiger partial charge on any atom is -0.497 e. The van der Waals surface area contributed by atoms with Crippen LogP contribution in [-0.4, -0.2) is 31.5 Å². The lowest BCUT2D eigenvalue weighted by atomic mass is 10.2. The van der Waals surface area contributed by atoms with E-state index in [9.17, 15) is 0 Å². The summed E-state index contributed by atoms with van der Waals surface area (Å²) in [6.07, 6.45) is 0. The number of nitrogens with zero attached hydrogens (tertiary/aromatic N) is 2. The molecule has 2 aromatic carbocycles. The third kappa shape index (κ3) is 3.83. The fraction of sp³-hybridized carbons (Fsp3) is 0.222. The first-order valence-corrected chi connectivity index (χ1v) is 8.14. The molecule has 7 nitrogen and oxygen atoms in total. The summed E-state index contributed by atoms with van der Waals surface area (Å²) in [5.41, 5.74) is 1.45. The van der Waals surface area contributed by atoms with E-state index in [0.717, 1.165) is 5.69 Å². The second-order valence-corrected chi connectivity index (χ2v) is 5.71. The summed E-state index contributed by atoms with van der Waals surface area (Å²) in [7, 11) is 4.76. The average molecular weight is 376 g/mol. The Labute approximate surface area is 155 Å². The van der Waals surface area contributed by atoms with Gasteiger partial charge in [-0.25, -0.2) is 0 Å². The Hall–Kier alpha value is -2.93. The van der Waals surface area contributed by atoms with Crippen molar-refractivity contribution < 1.29 is 18.7 Å². The van der Waals surface area contributed by atoms with Gasteiger partial charge in [-0.05, 0) is 30.3 Å². The van der Waals surface area contributed by atoms with Gasteiger partial charge in [-0.15, -0.1) is 0 Å². The molecular weight excluding hydrogens is 358 g/mol. The van der Waals surface area contributed by atoms with Gasteiger partial charge in [0.15, 0.2) is 0 Å². The molecule has 3 rings (SSSR count). The van der Waals surface area contributed by atoms with E-state index in [2.05, 4.69) is 15.5 Å². The Kier molecular flexibility index (Phi) is 5.48. The number of hydrogen-bond acceptors (Lipinski definition) is 7. The smallest absolute Gasteiger partial charge is 0.246 e. The molecule has 0 saturated carbocycles. The standard InChI is InChI=1S/C18H18ClN3O4/c1-23-12-5-6-13(16(9-12)25-3)18-21-17(26-22-18)10-20-14-8-11(19)4-7-15(14)24-2/h4-9,20H,10H2,1-3H3. The van der Waals surface area contributed by atoms with Gasteiger partial charge in [-0.1, -0.05) is 16.8 Å². The van der Waals surface area contributed by atoms with Gasteiger partial charge in [0.1, 0.15) is 17.2 Å². The number of aromatic nitrogens is 2. The Balaban J connectivity index is 1.78.